The van der Waals surface area contributed by atoms with Crippen LogP contribution in [0.15, 0.2) is 18.3 Å². The van der Waals surface area contributed by atoms with E-state index in [0.29, 0.717) is 18.0 Å². The highest BCUT2D eigenvalue weighted by Crippen LogP contribution is 2.08. The molecule has 0 radical (unpaired) electrons. The number of thiocarbonyl (C=S) groups is 1. The molecule has 1 rings (SSSR count). The first kappa shape index (κ1) is 13.4. The second-order valence-electron chi connectivity index (χ2n) is 3.41. The summed E-state index contributed by atoms with van der Waals surface area (Å²) in [6, 6.07) is 3.03. The number of aromatic nitrogens is 1. The third kappa shape index (κ3) is 3.99. The Labute approximate surface area is 105 Å². The van der Waals surface area contributed by atoms with Gasteiger partial charge < -0.3 is 15.8 Å². The van der Waals surface area contributed by atoms with Gasteiger partial charge in [-0.3, -0.25) is 4.98 Å². The SMILES string of the molecule is CCOC(=O)C(C)Nc1ccc(C(N)=S)nc1. The van der Waals surface area contributed by atoms with Crippen molar-refractivity contribution < 1.29 is 9.53 Å². The molecule has 1 aromatic heterocycles. The maximum Gasteiger partial charge on any atom is 0.328 e. The number of nitrogens with two attached hydrogens (primary N) is 1. The molecule has 0 fully saturated rings. The van der Waals surface area contributed by atoms with Crippen molar-refractivity contribution in [3.05, 3.63) is 24.0 Å². The van der Waals surface area contributed by atoms with Crippen LogP contribution in [0.1, 0.15) is 19.5 Å². The van der Waals surface area contributed by atoms with E-state index in [4.69, 9.17) is 22.7 Å². The summed E-state index contributed by atoms with van der Waals surface area (Å²) >= 11 is 4.79. The largest absolute Gasteiger partial charge is 0.464 e. The number of esters is 1. The van der Waals surface area contributed by atoms with E-state index in [2.05, 4.69) is 10.3 Å². The van der Waals surface area contributed by atoms with Gasteiger partial charge in [0.15, 0.2) is 0 Å². The smallest absolute Gasteiger partial charge is 0.328 e. The summed E-state index contributed by atoms with van der Waals surface area (Å²) in [5, 5.41) is 2.97. The van der Waals surface area contributed by atoms with Crippen molar-refractivity contribution >= 4 is 28.9 Å². The predicted molar refractivity (Wildman–Crippen MR) is 69.8 cm³/mol. The van der Waals surface area contributed by atoms with E-state index in [1.807, 2.05) is 0 Å². The fourth-order valence-corrected chi connectivity index (χ4v) is 1.32. The molecule has 0 aromatic carbocycles. The normalized spacial score (nSPS) is 11.6. The maximum absolute atomic E-state index is 11.4. The van der Waals surface area contributed by atoms with E-state index in [0.717, 1.165) is 0 Å². The lowest BCUT2D eigenvalue weighted by atomic mass is 10.3. The van der Waals surface area contributed by atoms with Crippen molar-refractivity contribution in [1.29, 1.82) is 0 Å². The molecule has 6 heteroatoms. The fraction of sp³-hybridized carbons (Fsp3) is 0.364. The van der Waals surface area contributed by atoms with Gasteiger partial charge in [-0.2, -0.15) is 0 Å². The lowest BCUT2D eigenvalue weighted by molar-refractivity contribution is -0.143. The van der Waals surface area contributed by atoms with Gasteiger partial charge in [-0.1, -0.05) is 12.2 Å². The minimum absolute atomic E-state index is 0.245. The molecule has 0 spiro atoms. The van der Waals surface area contributed by atoms with Crippen molar-refractivity contribution in [2.24, 2.45) is 5.73 Å². The molecule has 1 aromatic rings. The zero-order valence-corrected chi connectivity index (χ0v) is 10.6. The summed E-state index contributed by atoms with van der Waals surface area (Å²) in [5.74, 6) is -0.300. The summed E-state index contributed by atoms with van der Waals surface area (Å²) in [6.45, 7) is 3.85. The average molecular weight is 253 g/mol. The van der Waals surface area contributed by atoms with Gasteiger partial charge >= 0.3 is 5.97 Å². The summed E-state index contributed by atoms with van der Waals surface area (Å²) < 4.78 is 4.88. The van der Waals surface area contributed by atoms with Crippen molar-refractivity contribution in [1.82, 2.24) is 4.98 Å². The van der Waals surface area contributed by atoms with E-state index >= 15 is 0 Å². The standard InChI is InChI=1S/C11H15N3O2S/c1-3-16-11(15)7(2)14-8-4-5-9(10(12)17)13-6-8/h4-7,14H,3H2,1-2H3,(H2,12,17). The molecule has 1 heterocycles. The Kier molecular flexibility index (Phi) is 4.84. The van der Waals surface area contributed by atoms with Gasteiger partial charge in [-0.15, -0.1) is 0 Å². The first-order chi connectivity index (χ1) is 8.04. The molecule has 1 atom stereocenters. The van der Waals surface area contributed by atoms with Crippen LogP contribution in [0.2, 0.25) is 0 Å². The molecule has 0 saturated carbocycles. The van der Waals surface area contributed by atoms with Crippen molar-refractivity contribution in [2.75, 3.05) is 11.9 Å². The van der Waals surface area contributed by atoms with E-state index in [1.165, 1.54) is 0 Å². The number of hydrogen-bond donors (Lipinski definition) is 2. The molecular weight excluding hydrogens is 238 g/mol. The summed E-state index contributed by atoms with van der Waals surface area (Å²) in [7, 11) is 0. The minimum atomic E-state index is -0.424. The second-order valence-corrected chi connectivity index (χ2v) is 3.85. The van der Waals surface area contributed by atoms with Crippen LogP contribution in [0, 0.1) is 0 Å². The van der Waals surface area contributed by atoms with E-state index in [1.54, 1.807) is 32.2 Å². The molecule has 3 N–H and O–H groups in total. The molecule has 5 nitrogen and oxygen atoms in total. The summed E-state index contributed by atoms with van der Waals surface area (Å²) in [6.07, 6.45) is 1.57. The first-order valence-corrected chi connectivity index (χ1v) is 5.64. The Bertz CT molecular complexity index is 406. The maximum atomic E-state index is 11.4. The van der Waals surface area contributed by atoms with Gasteiger partial charge in [-0.25, -0.2) is 4.79 Å². The Morgan fingerprint density at radius 1 is 1.65 bits per heavy atom. The number of ether oxygens (including phenoxy) is 1. The van der Waals surface area contributed by atoms with E-state index in [9.17, 15) is 4.79 Å². The molecule has 0 aliphatic heterocycles. The Hall–Kier alpha value is -1.69. The number of rotatable bonds is 5. The highest BCUT2D eigenvalue weighted by atomic mass is 32.1. The topological polar surface area (TPSA) is 77.2 Å². The highest BCUT2D eigenvalue weighted by molar-refractivity contribution is 7.80. The van der Waals surface area contributed by atoms with Crippen LogP contribution >= 0.6 is 12.2 Å². The molecular formula is C11H15N3O2S. The minimum Gasteiger partial charge on any atom is -0.464 e. The average Bonchev–Trinajstić information content (AvgIpc) is 2.30. The molecule has 17 heavy (non-hydrogen) atoms. The fourth-order valence-electron chi connectivity index (χ4n) is 1.20. The number of pyridine rings is 1. The van der Waals surface area contributed by atoms with Gasteiger partial charge in [0, 0.05) is 0 Å². The van der Waals surface area contributed by atoms with Crippen LogP contribution in [0.3, 0.4) is 0 Å². The highest BCUT2D eigenvalue weighted by Gasteiger charge is 2.13. The monoisotopic (exact) mass is 253 g/mol. The number of carbonyl (C=O) groups excluding carboxylic acids is 1. The molecule has 1 unspecified atom stereocenters. The van der Waals surface area contributed by atoms with Gasteiger partial charge in [0.25, 0.3) is 0 Å². The number of nitrogens with one attached hydrogen (secondary N) is 1. The van der Waals surface area contributed by atoms with Crippen LogP contribution in [-0.4, -0.2) is 28.6 Å². The lowest BCUT2D eigenvalue weighted by Gasteiger charge is -2.13. The van der Waals surface area contributed by atoms with Gasteiger partial charge in [-0.05, 0) is 26.0 Å². The molecule has 0 saturated heterocycles. The van der Waals surface area contributed by atoms with Crippen LogP contribution in [0.5, 0.6) is 0 Å². The molecule has 0 amide bonds. The summed E-state index contributed by atoms with van der Waals surface area (Å²) in [5.41, 5.74) is 6.69. The molecule has 0 aliphatic carbocycles. The molecule has 0 aliphatic rings. The van der Waals surface area contributed by atoms with Crippen molar-refractivity contribution in [2.45, 2.75) is 19.9 Å². The van der Waals surface area contributed by atoms with Gasteiger partial charge in [0.2, 0.25) is 0 Å². The van der Waals surface area contributed by atoms with Crippen LogP contribution < -0.4 is 11.1 Å². The molecule has 92 valence electrons. The number of anilines is 1. The number of nitrogens with zero attached hydrogens (tertiary/aromatic N) is 1. The number of carbonyl (C=O) groups is 1. The quantitative estimate of drug-likeness (QED) is 0.604. The third-order valence-corrected chi connectivity index (χ3v) is 2.25. The zero-order chi connectivity index (χ0) is 12.8. The van der Waals surface area contributed by atoms with Crippen molar-refractivity contribution in [3.63, 3.8) is 0 Å². The third-order valence-electron chi connectivity index (χ3n) is 2.04. The van der Waals surface area contributed by atoms with E-state index < -0.39 is 6.04 Å². The van der Waals surface area contributed by atoms with Crippen molar-refractivity contribution in [3.8, 4) is 0 Å². The second kappa shape index (κ2) is 6.15. The zero-order valence-electron chi connectivity index (χ0n) is 9.77. The van der Waals surface area contributed by atoms with Crippen LogP contribution in [0.25, 0.3) is 0 Å². The van der Waals surface area contributed by atoms with E-state index in [-0.39, 0.29) is 11.0 Å². The Morgan fingerprint density at radius 3 is 2.82 bits per heavy atom. The Balaban J connectivity index is 2.63. The lowest BCUT2D eigenvalue weighted by Crippen LogP contribution is -2.28. The van der Waals surface area contributed by atoms with Gasteiger partial charge in [0.1, 0.15) is 11.0 Å². The van der Waals surface area contributed by atoms with Gasteiger partial charge in [0.05, 0.1) is 24.2 Å². The summed E-state index contributed by atoms with van der Waals surface area (Å²) in [4.78, 5) is 15.7. The predicted octanol–water partition coefficient (Wildman–Crippen LogP) is 1.08. The van der Waals surface area contributed by atoms with Crippen LogP contribution in [0.4, 0.5) is 5.69 Å². The molecule has 0 bridgehead atoms. The first-order valence-electron chi connectivity index (χ1n) is 5.23. The van der Waals surface area contributed by atoms with Crippen LogP contribution in [-0.2, 0) is 9.53 Å². The number of hydrogen-bond acceptors (Lipinski definition) is 5. The Morgan fingerprint density at radius 2 is 2.35 bits per heavy atom.